The van der Waals surface area contributed by atoms with Gasteiger partial charge in [0.1, 0.15) is 6.10 Å². The maximum Gasteiger partial charge on any atom is 0.101 e. The van der Waals surface area contributed by atoms with E-state index in [0.717, 1.165) is 10.4 Å². The molecule has 21 heavy (non-hydrogen) atoms. The zero-order valence-electron chi connectivity index (χ0n) is 11.3. The minimum atomic E-state index is -0.536. The number of hydrogen-bond acceptors (Lipinski definition) is 4. The van der Waals surface area contributed by atoms with Crippen molar-refractivity contribution < 1.29 is 5.11 Å². The van der Waals surface area contributed by atoms with Crippen LogP contribution < -0.4 is 5.32 Å². The van der Waals surface area contributed by atoms with Gasteiger partial charge in [-0.15, -0.1) is 11.3 Å². The van der Waals surface area contributed by atoms with Gasteiger partial charge in [0.25, 0.3) is 0 Å². The molecule has 3 nitrogen and oxygen atoms in total. The number of aliphatic hydroxyl groups excluding tert-OH is 1. The Morgan fingerprint density at radius 1 is 1.29 bits per heavy atom. The molecule has 0 bridgehead atoms. The number of rotatable bonds is 6. The van der Waals surface area contributed by atoms with Crippen LogP contribution in [0.25, 0.3) is 6.08 Å². The van der Waals surface area contributed by atoms with Crippen molar-refractivity contribution in [2.24, 2.45) is 0 Å². The van der Waals surface area contributed by atoms with Crippen LogP contribution in [0.3, 0.4) is 0 Å². The van der Waals surface area contributed by atoms with Crippen molar-refractivity contribution in [1.82, 2.24) is 5.32 Å². The molecule has 0 saturated heterocycles. The van der Waals surface area contributed by atoms with E-state index in [-0.39, 0.29) is 0 Å². The van der Waals surface area contributed by atoms with Crippen LogP contribution >= 0.6 is 22.9 Å². The monoisotopic (exact) mass is 318 g/mol. The number of benzene rings is 1. The quantitative estimate of drug-likeness (QED) is 0.800. The van der Waals surface area contributed by atoms with Crippen molar-refractivity contribution in [2.75, 3.05) is 13.1 Å². The summed E-state index contributed by atoms with van der Waals surface area (Å²) in [4.78, 5) is 0.864. The molecule has 0 spiro atoms. The van der Waals surface area contributed by atoms with Crippen LogP contribution in [0.4, 0.5) is 0 Å². The van der Waals surface area contributed by atoms with Crippen LogP contribution in [0, 0.1) is 11.3 Å². The first-order chi connectivity index (χ1) is 10.2. The summed E-state index contributed by atoms with van der Waals surface area (Å²) in [5.41, 5.74) is 1.70. The molecule has 0 fully saturated rings. The van der Waals surface area contributed by atoms with Crippen LogP contribution in [0.15, 0.2) is 42.5 Å². The highest BCUT2D eigenvalue weighted by Gasteiger charge is 2.08. The van der Waals surface area contributed by atoms with E-state index in [2.05, 4.69) is 11.4 Å². The van der Waals surface area contributed by atoms with Gasteiger partial charge in [0.15, 0.2) is 0 Å². The SMILES string of the molecule is N#Cc1ccc(/C=C/CNCC(O)c2ccc(Cl)s2)cc1. The van der Waals surface area contributed by atoms with Crippen molar-refractivity contribution in [2.45, 2.75) is 6.10 Å². The molecule has 0 aliphatic rings. The van der Waals surface area contributed by atoms with E-state index >= 15 is 0 Å². The van der Waals surface area contributed by atoms with Gasteiger partial charge in [-0.1, -0.05) is 35.9 Å². The number of nitriles is 1. The van der Waals surface area contributed by atoms with Crippen LogP contribution in [0.2, 0.25) is 4.34 Å². The van der Waals surface area contributed by atoms with E-state index in [1.807, 2.05) is 30.4 Å². The van der Waals surface area contributed by atoms with Gasteiger partial charge in [-0.3, -0.25) is 0 Å². The van der Waals surface area contributed by atoms with Gasteiger partial charge in [0, 0.05) is 18.0 Å². The Labute approximate surface area is 133 Å². The Hall–Kier alpha value is -1.64. The normalized spacial score (nSPS) is 12.4. The number of nitrogens with one attached hydrogen (secondary N) is 1. The second-order valence-corrected chi connectivity index (χ2v) is 6.20. The number of thiophene rings is 1. The molecule has 108 valence electrons. The molecule has 0 radical (unpaired) electrons. The summed E-state index contributed by atoms with van der Waals surface area (Å²) >= 11 is 7.22. The minimum absolute atomic E-state index is 0.481. The molecule has 1 aromatic carbocycles. The summed E-state index contributed by atoms with van der Waals surface area (Å²) < 4.78 is 0.685. The summed E-state index contributed by atoms with van der Waals surface area (Å²) in [5, 5.41) is 21.8. The van der Waals surface area contributed by atoms with Crippen molar-refractivity contribution >= 4 is 29.0 Å². The lowest BCUT2D eigenvalue weighted by atomic mass is 10.1. The average molecular weight is 319 g/mol. The first-order valence-electron chi connectivity index (χ1n) is 6.50. The van der Waals surface area contributed by atoms with Crippen LogP contribution in [-0.4, -0.2) is 18.2 Å². The summed E-state index contributed by atoms with van der Waals surface area (Å²) in [6, 6.07) is 13.1. The lowest BCUT2D eigenvalue weighted by Gasteiger charge is -2.08. The fourth-order valence-corrected chi connectivity index (χ4v) is 2.82. The van der Waals surface area contributed by atoms with Crippen molar-refractivity contribution in [1.29, 1.82) is 5.26 Å². The number of halogens is 1. The minimum Gasteiger partial charge on any atom is -0.386 e. The fourth-order valence-electron chi connectivity index (χ4n) is 1.78. The second-order valence-electron chi connectivity index (χ2n) is 4.45. The molecule has 1 aromatic heterocycles. The van der Waals surface area contributed by atoms with Gasteiger partial charge in [-0.25, -0.2) is 0 Å². The molecule has 0 amide bonds. The summed E-state index contributed by atoms with van der Waals surface area (Å²) in [6.45, 7) is 1.14. The number of nitrogens with zero attached hydrogens (tertiary/aromatic N) is 1. The first-order valence-corrected chi connectivity index (χ1v) is 7.69. The fraction of sp³-hybridized carbons (Fsp3) is 0.188. The smallest absolute Gasteiger partial charge is 0.101 e. The predicted molar refractivity (Wildman–Crippen MR) is 87.3 cm³/mol. The standard InChI is InChI=1S/C16H15ClN2OS/c17-16-8-7-15(21-16)14(20)11-19-9-1-2-12-3-5-13(10-18)6-4-12/h1-8,14,19-20H,9,11H2/b2-1+. The van der Waals surface area contributed by atoms with Crippen molar-refractivity contribution in [3.63, 3.8) is 0 Å². The zero-order valence-corrected chi connectivity index (χ0v) is 12.9. The molecule has 1 unspecified atom stereocenters. The Balaban J connectivity index is 1.73. The highest BCUT2D eigenvalue weighted by Crippen LogP contribution is 2.26. The maximum atomic E-state index is 9.94. The van der Waals surface area contributed by atoms with E-state index in [9.17, 15) is 5.11 Å². The van der Waals surface area contributed by atoms with Crippen LogP contribution in [0.1, 0.15) is 22.1 Å². The van der Waals surface area contributed by atoms with Crippen LogP contribution in [-0.2, 0) is 0 Å². The third kappa shape index (κ3) is 5.00. The van der Waals surface area contributed by atoms with Crippen LogP contribution in [0.5, 0.6) is 0 Å². The Bertz CT molecular complexity index is 643. The number of aliphatic hydroxyl groups is 1. The lowest BCUT2D eigenvalue weighted by molar-refractivity contribution is 0.180. The molecule has 1 atom stereocenters. The van der Waals surface area contributed by atoms with Gasteiger partial charge in [0.2, 0.25) is 0 Å². The highest BCUT2D eigenvalue weighted by atomic mass is 35.5. The topological polar surface area (TPSA) is 56.0 Å². The molecule has 5 heteroatoms. The van der Waals surface area contributed by atoms with E-state index in [1.54, 1.807) is 18.2 Å². The summed E-state index contributed by atoms with van der Waals surface area (Å²) in [5.74, 6) is 0. The van der Waals surface area contributed by atoms with Crippen molar-refractivity contribution in [3.8, 4) is 6.07 Å². The van der Waals surface area contributed by atoms with Crippen molar-refractivity contribution in [3.05, 3.63) is 62.8 Å². The lowest BCUT2D eigenvalue weighted by Crippen LogP contribution is -2.20. The number of hydrogen-bond donors (Lipinski definition) is 2. The third-order valence-electron chi connectivity index (χ3n) is 2.87. The Kier molecular flexibility index (Phi) is 5.97. The first kappa shape index (κ1) is 15.7. The molecule has 2 rings (SSSR count). The summed E-state index contributed by atoms with van der Waals surface area (Å²) in [7, 11) is 0. The van der Waals surface area contributed by atoms with E-state index in [4.69, 9.17) is 16.9 Å². The third-order valence-corrected chi connectivity index (χ3v) is 4.20. The van der Waals surface area contributed by atoms with E-state index in [0.29, 0.717) is 23.0 Å². The molecular weight excluding hydrogens is 304 g/mol. The largest absolute Gasteiger partial charge is 0.386 e. The molecule has 1 heterocycles. The molecule has 0 aliphatic carbocycles. The maximum absolute atomic E-state index is 9.94. The average Bonchev–Trinajstić information content (AvgIpc) is 2.94. The Morgan fingerprint density at radius 3 is 2.67 bits per heavy atom. The van der Waals surface area contributed by atoms with E-state index < -0.39 is 6.10 Å². The van der Waals surface area contributed by atoms with Gasteiger partial charge in [0.05, 0.1) is 16.0 Å². The van der Waals surface area contributed by atoms with Gasteiger partial charge < -0.3 is 10.4 Å². The van der Waals surface area contributed by atoms with Gasteiger partial charge >= 0.3 is 0 Å². The van der Waals surface area contributed by atoms with E-state index in [1.165, 1.54) is 11.3 Å². The second kappa shape index (κ2) is 7.96. The molecular formula is C16H15ClN2OS. The molecule has 0 saturated carbocycles. The van der Waals surface area contributed by atoms with Gasteiger partial charge in [-0.05, 0) is 29.8 Å². The molecule has 2 N–H and O–H groups in total. The summed E-state index contributed by atoms with van der Waals surface area (Å²) in [6.07, 6.45) is 3.42. The molecule has 2 aromatic rings. The van der Waals surface area contributed by atoms with Gasteiger partial charge in [-0.2, -0.15) is 5.26 Å². The highest BCUT2D eigenvalue weighted by molar-refractivity contribution is 7.16. The zero-order chi connectivity index (χ0) is 15.1. The molecule has 0 aliphatic heterocycles. The Morgan fingerprint density at radius 2 is 2.05 bits per heavy atom. The predicted octanol–water partition coefficient (Wildman–Crippen LogP) is 3.61.